The first-order valence-electron chi connectivity index (χ1n) is 7.95. The molecule has 1 aliphatic carbocycles. The number of hydrogen-bond donors (Lipinski definition) is 2. The van der Waals surface area contributed by atoms with Gasteiger partial charge in [-0.2, -0.15) is 5.10 Å². The summed E-state index contributed by atoms with van der Waals surface area (Å²) >= 11 is 0. The van der Waals surface area contributed by atoms with E-state index in [0.717, 1.165) is 19.6 Å². The van der Waals surface area contributed by atoms with Gasteiger partial charge in [-0.05, 0) is 32.9 Å². The Morgan fingerprint density at radius 1 is 1.35 bits per heavy atom. The van der Waals surface area contributed by atoms with Gasteiger partial charge in [-0.1, -0.05) is 26.7 Å². The van der Waals surface area contributed by atoms with Gasteiger partial charge in [0.2, 0.25) is 0 Å². The van der Waals surface area contributed by atoms with Crippen molar-refractivity contribution >= 4 is 0 Å². The maximum atomic E-state index is 5.95. The normalized spacial score (nSPS) is 19.6. The first kappa shape index (κ1) is 15.5. The molecule has 0 bridgehead atoms. The summed E-state index contributed by atoms with van der Waals surface area (Å²) < 4.78 is 1.98. The maximum absolute atomic E-state index is 5.95. The Hall–Kier alpha value is -0.910. The van der Waals surface area contributed by atoms with Crippen LogP contribution in [0.15, 0.2) is 12.4 Å². The highest BCUT2D eigenvalue weighted by molar-refractivity contribution is 5.19. The van der Waals surface area contributed by atoms with Gasteiger partial charge in [0.05, 0.1) is 12.2 Å². The van der Waals surface area contributed by atoms with Gasteiger partial charge in [-0.3, -0.25) is 20.9 Å². The standard InChI is InChI=1S/C15H29N5/c1-4-19(5-2)15(9-7-8-10-15)14(18-16)13-11-17-20(6-3)12-13/h11-12,14,18H,4-10,16H2,1-3H3. The van der Waals surface area contributed by atoms with Crippen molar-refractivity contribution in [2.24, 2.45) is 5.84 Å². The number of nitrogens with one attached hydrogen (secondary N) is 1. The lowest BCUT2D eigenvalue weighted by molar-refractivity contribution is 0.0626. The number of rotatable bonds is 7. The molecule has 5 heteroatoms. The Labute approximate surface area is 122 Å². The van der Waals surface area contributed by atoms with Crippen LogP contribution in [0.25, 0.3) is 0 Å². The highest BCUT2D eigenvalue weighted by Crippen LogP contribution is 2.44. The minimum atomic E-state index is 0.139. The van der Waals surface area contributed by atoms with Crippen LogP contribution in [-0.4, -0.2) is 33.3 Å². The highest BCUT2D eigenvalue weighted by atomic mass is 15.3. The van der Waals surface area contributed by atoms with E-state index in [4.69, 9.17) is 5.84 Å². The van der Waals surface area contributed by atoms with Gasteiger partial charge in [-0.25, -0.2) is 0 Å². The monoisotopic (exact) mass is 279 g/mol. The molecular weight excluding hydrogens is 250 g/mol. The van der Waals surface area contributed by atoms with E-state index in [1.807, 2.05) is 10.9 Å². The van der Waals surface area contributed by atoms with Crippen LogP contribution in [-0.2, 0) is 6.54 Å². The number of aryl methyl sites for hydroxylation is 1. The van der Waals surface area contributed by atoms with Crippen LogP contribution in [0.4, 0.5) is 0 Å². The third-order valence-corrected chi connectivity index (χ3v) is 4.88. The van der Waals surface area contributed by atoms with Gasteiger partial charge in [-0.15, -0.1) is 0 Å². The van der Waals surface area contributed by atoms with E-state index in [1.54, 1.807) is 0 Å². The minimum Gasteiger partial charge on any atom is -0.296 e. The van der Waals surface area contributed by atoms with Crippen molar-refractivity contribution in [1.82, 2.24) is 20.1 Å². The fourth-order valence-electron chi connectivity index (χ4n) is 3.89. The smallest absolute Gasteiger partial charge is 0.0674 e. The van der Waals surface area contributed by atoms with E-state index in [9.17, 15) is 0 Å². The third kappa shape index (κ3) is 2.62. The molecule has 1 aromatic rings. The molecule has 1 unspecified atom stereocenters. The fraction of sp³-hybridized carbons (Fsp3) is 0.800. The number of nitrogens with zero attached hydrogens (tertiary/aromatic N) is 3. The van der Waals surface area contributed by atoms with Gasteiger partial charge < -0.3 is 0 Å². The van der Waals surface area contributed by atoms with Crippen LogP contribution in [0.2, 0.25) is 0 Å². The summed E-state index contributed by atoms with van der Waals surface area (Å²) in [6.45, 7) is 9.62. The van der Waals surface area contributed by atoms with Crippen molar-refractivity contribution in [1.29, 1.82) is 0 Å². The van der Waals surface area contributed by atoms with Crippen molar-refractivity contribution in [2.45, 2.75) is 64.6 Å². The number of nitrogens with two attached hydrogens (primary N) is 1. The summed E-state index contributed by atoms with van der Waals surface area (Å²) in [5.74, 6) is 5.95. The zero-order chi connectivity index (χ0) is 14.6. The molecule has 1 aliphatic rings. The van der Waals surface area contributed by atoms with Crippen LogP contribution in [0.1, 0.15) is 58.1 Å². The van der Waals surface area contributed by atoms with Gasteiger partial charge >= 0.3 is 0 Å². The second-order valence-electron chi connectivity index (χ2n) is 5.71. The molecule has 5 nitrogen and oxygen atoms in total. The molecule has 0 aliphatic heterocycles. The summed E-state index contributed by atoms with van der Waals surface area (Å²) in [6, 6.07) is 0.158. The molecule has 0 amide bonds. The third-order valence-electron chi connectivity index (χ3n) is 4.88. The molecule has 3 N–H and O–H groups in total. The molecule has 0 aromatic carbocycles. The van der Waals surface area contributed by atoms with Crippen LogP contribution in [0.3, 0.4) is 0 Å². The molecule has 1 fully saturated rings. The average molecular weight is 279 g/mol. The van der Waals surface area contributed by atoms with E-state index >= 15 is 0 Å². The Morgan fingerprint density at radius 3 is 2.45 bits per heavy atom. The van der Waals surface area contributed by atoms with Gasteiger partial charge in [0.1, 0.15) is 0 Å². The van der Waals surface area contributed by atoms with Crippen LogP contribution >= 0.6 is 0 Å². The summed E-state index contributed by atoms with van der Waals surface area (Å²) in [7, 11) is 0. The number of hydrazine groups is 1. The summed E-state index contributed by atoms with van der Waals surface area (Å²) in [5, 5.41) is 4.42. The van der Waals surface area contributed by atoms with Gasteiger partial charge in [0, 0.05) is 23.8 Å². The average Bonchev–Trinajstić information content (AvgIpc) is 3.11. The van der Waals surface area contributed by atoms with Crippen molar-refractivity contribution in [3.05, 3.63) is 18.0 Å². The van der Waals surface area contributed by atoms with E-state index in [1.165, 1.54) is 31.2 Å². The number of likely N-dealkylation sites (N-methyl/N-ethyl adjacent to an activating group) is 1. The molecule has 0 spiro atoms. The first-order valence-corrected chi connectivity index (χ1v) is 7.95. The van der Waals surface area contributed by atoms with E-state index in [2.05, 4.69) is 42.4 Å². The quantitative estimate of drug-likeness (QED) is 0.592. The largest absolute Gasteiger partial charge is 0.296 e. The lowest BCUT2D eigenvalue weighted by atomic mass is 9.83. The summed E-state index contributed by atoms with van der Waals surface area (Å²) in [4.78, 5) is 2.58. The Morgan fingerprint density at radius 2 is 2.00 bits per heavy atom. The van der Waals surface area contributed by atoms with Crippen LogP contribution in [0.5, 0.6) is 0 Å². The van der Waals surface area contributed by atoms with E-state index in [-0.39, 0.29) is 11.6 Å². The number of aromatic nitrogens is 2. The molecular formula is C15H29N5. The molecule has 1 atom stereocenters. The molecule has 1 heterocycles. The highest BCUT2D eigenvalue weighted by Gasteiger charge is 2.45. The Bertz CT molecular complexity index is 404. The molecule has 0 radical (unpaired) electrons. The molecule has 1 aromatic heterocycles. The predicted octanol–water partition coefficient (Wildman–Crippen LogP) is 2.06. The second kappa shape index (κ2) is 6.70. The Balaban J connectivity index is 2.34. The van der Waals surface area contributed by atoms with Crippen LogP contribution in [0, 0.1) is 0 Å². The predicted molar refractivity (Wildman–Crippen MR) is 82.1 cm³/mol. The fourth-order valence-corrected chi connectivity index (χ4v) is 3.89. The molecule has 0 saturated heterocycles. The second-order valence-corrected chi connectivity index (χ2v) is 5.71. The molecule has 2 rings (SSSR count). The van der Waals surface area contributed by atoms with Crippen molar-refractivity contribution in [3.8, 4) is 0 Å². The molecule has 114 valence electrons. The lowest BCUT2D eigenvalue weighted by Crippen LogP contribution is -2.56. The summed E-state index contributed by atoms with van der Waals surface area (Å²) in [5.41, 5.74) is 4.44. The first-order chi connectivity index (χ1) is 9.71. The minimum absolute atomic E-state index is 0.139. The van der Waals surface area contributed by atoms with Crippen molar-refractivity contribution in [3.63, 3.8) is 0 Å². The lowest BCUT2D eigenvalue weighted by Gasteiger charge is -2.45. The van der Waals surface area contributed by atoms with Crippen molar-refractivity contribution in [2.75, 3.05) is 13.1 Å². The van der Waals surface area contributed by atoms with E-state index < -0.39 is 0 Å². The van der Waals surface area contributed by atoms with Crippen LogP contribution < -0.4 is 11.3 Å². The number of hydrogen-bond acceptors (Lipinski definition) is 4. The molecule has 1 saturated carbocycles. The van der Waals surface area contributed by atoms with Gasteiger partial charge in [0.15, 0.2) is 0 Å². The zero-order valence-electron chi connectivity index (χ0n) is 13.1. The van der Waals surface area contributed by atoms with Crippen molar-refractivity contribution < 1.29 is 0 Å². The topological polar surface area (TPSA) is 59.1 Å². The Kier molecular flexibility index (Phi) is 5.18. The zero-order valence-corrected chi connectivity index (χ0v) is 13.1. The van der Waals surface area contributed by atoms with E-state index in [0.29, 0.717) is 0 Å². The maximum Gasteiger partial charge on any atom is 0.0674 e. The molecule has 20 heavy (non-hydrogen) atoms. The van der Waals surface area contributed by atoms with Gasteiger partial charge in [0.25, 0.3) is 0 Å². The SMILES string of the molecule is CCN(CC)C1(C(NN)c2cnn(CC)c2)CCCC1. The summed E-state index contributed by atoms with van der Waals surface area (Å²) in [6.07, 6.45) is 9.10.